The molecule has 2 rings (SSSR count). The van der Waals surface area contributed by atoms with Gasteiger partial charge in [-0.15, -0.1) is 0 Å². The van der Waals surface area contributed by atoms with Crippen LogP contribution >= 0.6 is 0 Å². The Labute approximate surface area is 209 Å². The molecule has 0 saturated heterocycles. The van der Waals surface area contributed by atoms with Gasteiger partial charge >= 0.3 is 5.97 Å². The molecule has 0 aliphatic heterocycles. The summed E-state index contributed by atoms with van der Waals surface area (Å²) in [6, 6.07) is 10.7. The largest absolute Gasteiger partial charge is 0.466 e. The fourth-order valence-electron chi connectivity index (χ4n) is 4.54. The van der Waals surface area contributed by atoms with Gasteiger partial charge in [-0.25, -0.2) is 0 Å². The zero-order valence-corrected chi connectivity index (χ0v) is 23.4. The minimum absolute atomic E-state index is 0.0918. The number of esters is 1. The Kier molecular flexibility index (Phi) is 11.0. The van der Waals surface area contributed by atoms with E-state index in [2.05, 4.69) is 76.3 Å². The van der Waals surface area contributed by atoms with Crippen molar-refractivity contribution in [2.45, 2.75) is 115 Å². The van der Waals surface area contributed by atoms with Gasteiger partial charge in [0.05, 0.1) is 24.7 Å². The Morgan fingerprint density at radius 2 is 1.94 bits per heavy atom. The number of hydrogen-bond donors (Lipinski definition) is 1. The van der Waals surface area contributed by atoms with Crippen molar-refractivity contribution < 1.29 is 19.1 Å². The number of carbonyl (C=O) groups is 1. The van der Waals surface area contributed by atoms with Gasteiger partial charge in [-0.05, 0) is 81.5 Å². The van der Waals surface area contributed by atoms with Gasteiger partial charge in [-0.3, -0.25) is 4.79 Å². The lowest BCUT2D eigenvalue weighted by molar-refractivity contribution is -0.150. The maximum Gasteiger partial charge on any atom is 0.308 e. The molecule has 192 valence electrons. The van der Waals surface area contributed by atoms with E-state index in [1.807, 2.05) is 0 Å². The summed E-state index contributed by atoms with van der Waals surface area (Å²) < 4.78 is 11.9. The van der Waals surface area contributed by atoms with Gasteiger partial charge in [-0.2, -0.15) is 0 Å². The van der Waals surface area contributed by atoms with Gasteiger partial charge in [0, 0.05) is 0 Å². The minimum Gasteiger partial charge on any atom is -0.466 e. The van der Waals surface area contributed by atoms with Crippen LogP contribution in [-0.2, 0) is 20.4 Å². The molecular weight excluding hydrogens is 440 g/mol. The van der Waals surface area contributed by atoms with Crippen LogP contribution in [0.1, 0.15) is 84.6 Å². The standard InChI is InChI=1S/C29H48O4Si/c1-7-32-27(30)23-29(31)21-13-17-25(22-29)19-20-26(33-34(5,6)28(2,3)4)18-12-11-16-24-14-9-8-10-15-24/h8-10,14-15,19-20,25-26,31H,7,11-13,16-18,21-23H2,1-6H3/b20-19+/t25-,26?,29-/m1/s1. The first kappa shape index (κ1) is 28.8. The van der Waals surface area contributed by atoms with Crippen LogP contribution in [0.2, 0.25) is 18.1 Å². The van der Waals surface area contributed by atoms with E-state index >= 15 is 0 Å². The van der Waals surface area contributed by atoms with Gasteiger partial charge in [0.25, 0.3) is 0 Å². The number of aryl methyl sites for hydroxylation is 1. The number of rotatable bonds is 12. The summed E-state index contributed by atoms with van der Waals surface area (Å²) in [4.78, 5) is 12.0. The zero-order valence-electron chi connectivity index (χ0n) is 22.4. The quantitative estimate of drug-likeness (QED) is 0.146. The second-order valence-corrected chi connectivity index (χ2v) is 16.4. The highest BCUT2D eigenvalue weighted by Crippen LogP contribution is 2.39. The lowest BCUT2D eigenvalue weighted by Crippen LogP contribution is -2.43. The van der Waals surface area contributed by atoms with Crippen molar-refractivity contribution >= 4 is 14.3 Å². The molecule has 1 unspecified atom stereocenters. The highest BCUT2D eigenvalue weighted by Gasteiger charge is 2.39. The Bertz CT molecular complexity index is 768. The topological polar surface area (TPSA) is 55.8 Å². The van der Waals surface area contributed by atoms with Gasteiger partial charge in [0.2, 0.25) is 0 Å². The number of aliphatic hydroxyl groups is 1. The summed E-state index contributed by atoms with van der Waals surface area (Å²) in [5, 5.41) is 11.2. The molecule has 5 heteroatoms. The zero-order chi connectivity index (χ0) is 25.2. The summed E-state index contributed by atoms with van der Waals surface area (Å²) in [5.41, 5.74) is 0.438. The number of unbranched alkanes of at least 4 members (excludes halogenated alkanes) is 1. The summed E-state index contributed by atoms with van der Waals surface area (Å²) >= 11 is 0. The van der Waals surface area contributed by atoms with Crippen LogP contribution in [0.3, 0.4) is 0 Å². The lowest BCUT2D eigenvalue weighted by atomic mass is 9.76. The van der Waals surface area contributed by atoms with E-state index in [1.165, 1.54) is 5.56 Å². The molecule has 0 spiro atoms. The molecule has 1 saturated carbocycles. The van der Waals surface area contributed by atoms with E-state index in [0.29, 0.717) is 19.4 Å². The maximum atomic E-state index is 12.0. The van der Waals surface area contributed by atoms with Crippen LogP contribution in [0.4, 0.5) is 0 Å². The van der Waals surface area contributed by atoms with Crippen LogP contribution in [-0.4, -0.2) is 37.7 Å². The Morgan fingerprint density at radius 3 is 2.59 bits per heavy atom. The van der Waals surface area contributed by atoms with Crippen LogP contribution in [0.25, 0.3) is 0 Å². The number of hydrogen-bond acceptors (Lipinski definition) is 4. The first-order chi connectivity index (χ1) is 15.9. The fourth-order valence-corrected chi connectivity index (χ4v) is 5.85. The minimum atomic E-state index is -1.90. The smallest absolute Gasteiger partial charge is 0.308 e. The number of allylic oxidation sites excluding steroid dienone is 1. The molecule has 0 radical (unpaired) electrons. The Balaban J connectivity index is 2.00. The van der Waals surface area contributed by atoms with E-state index in [4.69, 9.17) is 9.16 Å². The second-order valence-electron chi connectivity index (χ2n) is 11.6. The summed E-state index contributed by atoms with van der Waals surface area (Å²) in [7, 11) is -1.90. The van der Waals surface area contributed by atoms with Crippen LogP contribution in [0, 0.1) is 5.92 Å². The Morgan fingerprint density at radius 1 is 1.24 bits per heavy atom. The molecule has 0 bridgehead atoms. The highest BCUT2D eigenvalue weighted by molar-refractivity contribution is 6.74. The highest BCUT2D eigenvalue weighted by atomic mass is 28.4. The maximum absolute atomic E-state index is 12.0. The Hall–Kier alpha value is -1.43. The van der Waals surface area contributed by atoms with E-state index < -0.39 is 13.9 Å². The van der Waals surface area contributed by atoms with Crippen molar-refractivity contribution in [3.8, 4) is 0 Å². The fraction of sp³-hybridized carbons (Fsp3) is 0.690. The molecule has 0 amide bonds. The van der Waals surface area contributed by atoms with E-state index in [-0.39, 0.29) is 29.5 Å². The van der Waals surface area contributed by atoms with Gasteiger partial charge in [0.15, 0.2) is 8.32 Å². The first-order valence-corrected chi connectivity index (χ1v) is 16.1. The van der Waals surface area contributed by atoms with Gasteiger partial charge in [0.1, 0.15) is 0 Å². The SMILES string of the molecule is CCOC(=O)C[C@@]1(O)CCC[C@H](/C=C/C(CCCCc2ccccc2)O[Si](C)(C)C(C)(C)C)C1. The van der Waals surface area contributed by atoms with Crippen molar-refractivity contribution in [3.63, 3.8) is 0 Å². The molecule has 1 aromatic rings. The summed E-state index contributed by atoms with van der Waals surface area (Å²) in [6.45, 7) is 13.6. The molecule has 1 aliphatic carbocycles. The summed E-state index contributed by atoms with van der Waals surface area (Å²) in [6.07, 6.45) is 12.3. The molecule has 0 heterocycles. The third-order valence-corrected chi connectivity index (χ3v) is 12.0. The van der Waals surface area contributed by atoms with Crippen molar-refractivity contribution in [2.24, 2.45) is 5.92 Å². The molecule has 3 atom stereocenters. The predicted octanol–water partition coefficient (Wildman–Crippen LogP) is 7.22. The van der Waals surface area contributed by atoms with Crippen molar-refractivity contribution in [3.05, 3.63) is 48.0 Å². The predicted molar refractivity (Wildman–Crippen MR) is 143 cm³/mol. The molecule has 1 fully saturated rings. The summed E-state index contributed by atoms with van der Waals surface area (Å²) in [5.74, 6) is -0.0322. The second kappa shape index (κ2) is 13.0. The number of ether oxygens (including phenoxy) is 1. The third kappa shape index (κ3) is 9.67. The molecule has 4 nitrogen and oxygen atoms in total. The van der Waals surface area contributed by atoms with E-state index in [9.17, 15) is 9.90 Å². The monoisotopic (exact) mass is 488 g/mol. The third-order valence-electron chi connectivity index (χ3n) is 7.53. The normalized spacial score (nSPS) is 22.6. The van der Waals surface area contributed by atoms with E-state index in [1.54, 1.807) is 6.92 Å². The average Bonchev–Trinajstić information content (AvgIpc) is 2.74. The van der Waals surface area contributed by atoms with Gasteiger partial charge < -0.3 is 14.3 Å². The molecular formula is C29H48O4Si. The van der Waals surface area contributed by atoms with Crippen molar-refractivity contribution in [2.75, 3.05) is 6.61 Å². The van der Waals surface area contributed by atoms with Gasteiger partial charge in [-0.1, -0.05) is 69.7 Å². The number of carbonyl (C=O) groups excluding carboxylic acids is 1. The molecule has 1 aliphatic rings. The number of benzene rings is 1. The average molecular weight is 489 g/mol. The van der Waals surface area contributed by atoms with Crippen LogP contribution in [0.5, 0.6) is 0 Å². The van der Waals surface area contributed by atoms with E-state index in [0.717, 1.165) is 38.5 Å². The van der Waals surface area contributed by atoms with Crippen LogP contribution < -0.4 is 0 Å². The lowest BCUT2D eigenvalue weighted by Gasteiger charge is -2.39. The molecule has 1 N–H and O–H groups in total. The molecule has 0 aromatic heterocycles. The molecule has 34 heavy (non-hydrogen) atoms. The van der Waals surface area contributed by atoms with Crippen LogP contribution in [0.15, 0.2) is 42.5 Å². The molecule has 1 aromatic carbocycles. The van der Waals surface area contributed by atoms with Crippen molar-refractivity contribution in [1.82, 2.24) is 0 Å². The first-order valence-electron chi connectivity index (χ1n) is 13.2. The van der Waals surface area contributed by atoms with Crippen molar-refractivity contribution in [1.29, 1.82) is 0 Å².